The summed E-state index contributed by atoms with van der Waals surface area (Å²) in [5, 5.41) is 0. The molecule has 7 heteroatoms. The summed E-state index contributed by atoms with van der Waals surface area (Å²) >= 11 is 0. The lowest BCUT2D eigenvalue weighted by Crippen LogP contribution is -2.04. The lowest BCUT2D eigenvalue weighted by molar-refractivity contribution is 0.0599. The summed E-state index contributed by atoms with van der Waals surface area (Å²) in [4.78, 5) is 11.6. The molecule has 0 N–H and O–H groups in total. The molecule has 0 aromatic heterocycles. The standard InChI is InChI=1S/C10H11ClO5S/c1-14-7-4-6(10(12)16-3)5-8(15-2)9(7)17(11)13/h4-5H,1-3H3. The molecule has 94 valence electrons. The van der Waals surface area contributed by atoms with Gasteiger partial charge in [-0.1, -0.05) is 0 Å². The van der Waals surface area contributed by atoms with Crippen molar-refractivity contribution in [3.8, 4) is 11.5 Å². The monoisotopic (exact) mass is 278 g/mol. The Labute approximate surface area is 106 Å². The van der Waals surface area contributed by atoms with Gasteiger partial charge in [-0.2, -0.15) is 0 Å². The van der Waals surface area contributed by atoms with E-state index in [9.17, 15) is 9.00 Å². The topological polar surface area (TPSA) is 61.8 Å². The third-order valence-corrected chi connectivity index (χ3v) is 3.23. The van der Waals surface area contributed by atoms with Crippen LogP contribution in [0.3, 0.4) is 0 Å². The first-order valence-electron chi connectivity index (χ1n) is 4.47. The van der Waals surface area contributed by atoms with Gasteiger partial charge in [-0.3, -0.25) is 0 Å². The van der Waals surface area contributed by atoms with E-state index in [0.717, 1.165) is 0 Å². The third-order valence-electron chi connectivity index (χ3n) is 2.04. The van der Waals surface area contributed by atoms with Crippen molar-refractivity contribution in [2.45, 2.75) is 4.90 Å². The number of methoxy groups -OCH3 is 3. The summed E-state index contributed by atoms with van der Waals surface area (Å²) in [7, 11) is 7.74. The highest BCUT2D eigenvalue weighted by atomic mass is 35.7. The lowest BCUT2D eigenvalue weighted by atomic mass is 10.2. The fourth-order valence-corrected chi connectivity index (χ4v) is 2.33. The van der Waals surface area contributed by atoms with E-state index < -0.39 is 16.0 Å². The number of hydrogen-bond donors (Lipinski definition) is 0. The zero-order valence-corrected chi connectivity index (χ0v) is 11.1. The smallest absolute Gasteiger partial charge is 0.338 e. The van der Waals surface area contributed by atoms with Crippen LogP contribution in [0, 0.1) is 0 Å². The molecule has 0 aliphatic carbocycles. The largest absolute Gasteiger partial charge is 0.495 e. The second kappa shape index (κ2) is 5.88. The molecule has 0 heterocycles. The van der Waals surface area contributed by atoms with E-state index in [0.29, 0.717) is 0 Å². The Morgan fingerprint density at radius 2 is 1.65 bits per heavy atom. The number of esters is 1. The van der Waals surface area contributed by atoms with E-state index in [1.165, 1.54) is 33.5 Å². The van der Waals surface area contributed by atoms with Crippen LogP contribution in [0.15, 0.2) is 17.0 Å². The van der Waals surface area contributed by atoms with Crippen LogP contribution < -0.4 is 9.47 Å². The molecule has 1 atom stereocenters. The van der Waals surface area contributed by atoms with Crippen molar-refractivity contribution in [2.75, 3.05) is 21.3 Å². The number of carbonyl (C=O) groups is 1. The molecular formula is C10H11ClO5S. The highest BCUT2D eigenvalue weighted by Crippen LogP contribution is 2.35. The highest BCUT2D eigenvalue weighted by molar-refractivity contribution is 8.08. The fourth-order valence-electron chi connectivity index (χ4n) is 1.27. The molecule has 1 aromatic rings. The number of carbonyl (C=O) groups excluding carboxylic acids is 1. The molecule has 0 saturated heterocycles. The Hall–Kier alpha value is -1.27. The quantitative estimate of drug-likeness (QED) is 0.620. The Kier molecular flexibility index (Phi) is 4.77. The maximum Gasteiger partial charge on any atom is 0.338 e. The van der Waals surface area contributed by atoms with Crippen LogP contribution in [0.1, 0.15) is 10.4 Å². The molecule has 0 spiro atoms. The minimum absolute atomic E-state index is 0.185. The minimum atomic E-state index is -1.81. The van der Waals surface area contributed by atoms with Gasteiger partial charge in [-0.15, -0.1) is 0 Å². The molecule has 0 saturated carbocycles. The van der Waals surface area contributed by atoms with Gasteiger partial charge in [-0.05, 0) is 22.8 Å². The van der Waals surface area contributed by atoms with Crippen molar-refractivity contribution in [1.29, 1.82) is 0 Å². The van der Waals surface area contributed by atoms with Crippen molar-refractivity contribution in [2.24, 2.45) is 0 Å². The SMILES string of the molecule is COC(=O)c1cc(OC)c(S(=O)Cl)c(OC)c1. The van der Waals surface area contributed by atoms with E-state index in [-0.39, 0.29) is 22.0 Å². The Balaban J connectivity index is 3.44. The molecule has 0 aliphatic heterocycles. The molecule has 1 rings (SSSR count). The summed E-state index contributed by atoms with van der Waals surface area (Å²) in [6, 6.07) is 2.79. The van der Waals surface area contributed by atoms with E-state index >= 15 is 0 Å². The predicted octanol–water partition coefficient (Wildman–Crippen LogP) is 1.75. The van der Waals surface area contributed by atoms with Gasteiger partial charge in [-0.25, -0.2) is 9.00 Å². The highest BCUT2D eigenvalue weighted by Gasteiger charge is 2.20. The Bertz CT molecular complexity index is 435. The summed E-state index contributed by atoms with van der Waals surface area (Å²) in [6.07, 6.45) is 0. The van der Waals surface area contributed by atoms with Gasteiger partial charge in [0.1, 0.15) is 16.4 Å². The average molecular weight is 279 g/mol. The summed E-state index contributed by atoms with van der Waals surface area (Å²) in [6.45, 7) is 0. The number of rotatable bonds is 4. The van der Waals surface area contributed by atoms with Gasteiger partial charge in [0.15, 0.2) is 10.0 Å². The summed E-state index contributed by atoms with van der Waals surface area (Å²) in [5.41, 5.74) is 0.229. The maximum atomic E-state index is 11.4. The van der Waals surface area contributed by atoms with Crippen LogP contribution in [-0.4, -0.2) is 31.5 Å². The molecule has 1 aromatic carbocycles. The van der Waals surface area contributed by atoms with Crippen molar-refractivity contribution in [1.82, 2.24) is 0 Å². The van der Waals surface area contributed by atoms with Gasteiger partial charge in [0.05, 0.1) is 26.9 Å². The van der Waals surface area contributed by atoms with Gasteiger partial charge in [0.2, 0.25) is 0 Å². The van der Waals surface area contributed by atoms with E-state index in [1.807, 2.05) is 0 Å². The molecule has 0 radical (unpaired) electrons. The van der Waals surface area contributed by atoms with Gasteiger partial charge in [0.25, 0.3) is 0 Å². The number of halogens is 1. The second-order valence-electron chi connectivity index (χ2n) is 2.92. The molecule has 0 aliphatic rings. The summed E-state index contributed by atoms with van der Waals surface area (Å²) in [5.74, 6) is -0.135. The first-order chi connectivity index (χ1) is 8.04. The number of ether oxygens (including phenoxy) is 3. The predicted molar refractivity (Wildman–Crippen MR) is 63.1 cm³/mol. The lowest BCUT2D eigenvalue weighted by Gasteiger charge is -2.11. The van der Waals surface area contributed by atoms with Crippen molar-refractivity contribution in [3.05, 3.63) is 17.7 Å². The second-order valence-corrected chi connectivity index (χ2v) is 4.62. The Morgan fingerprint density at radius 1 is 1.18 bits per heavy atom. The molecule has 17 heavy (non-hydrogen) atoms. The third kappa shape index (κ3) is 2.89. The Morgan fingerprint density at radius 3 is 1.94 bits per heavy atom. The average Bonchev–Trinajstić information content (AvgIpc) is 2.35. The molecule has 5 nitrogen and oxygen atoms in total. The van der Waals surface area contributed by atoms with Crippen LogP contribution in [0.5, 0.6) is 11.5 Å². The van der Waals surface area contributed by atoms with Crippen molar-refractivity contribution < 1.29 is 23.2 Å². The molecule has 0 fully saturated rings. The van der Waals surface area contributed by atoms with E-state index in [4.69, 9.17) is 20.2 Å². The van der Waals surface area contributed by atoms with Crippen LogP contribution in [0.2, 0.25) is 0 Å². The number of benzene rings is 1. The normalized spacial score (nSPS) is 11.8. The van der Waals surface area contributed by atoms with Gasteiger partial charge < -0.3 is 14.2 Å². The van der Waals surface area contributed by atoms with Crippen LogP contribution in [-0.2, 0) is 14.7 Å². The zero-order valence-electron chi connectivity index (χ0n) is 9.48. The molecule has 1 unspecified atom stereocenters. The van der Waals surface area contributed by atoms with Crippen LogP contribution in [0.25, 0.3) is 0 Å². The first kappa shape index (κ1) is 13.8. The summed E-state index contributed by atoms with van der Waals surface area (Å²) < 4.78 is 26.0. The van der Waals surface area contributed by atoms with Crippen LogP contribution in [0.4, 0.5) is 0 Å². The molecule has 0 bridgehead atoms. The zero-order chi connectivity index (χ0) is 13.0. The van der Waals surface area contributed by atoms with E-state index in [2.05, 4.69) is 4.74 Å². The minimum Gasteiger partial charge on any atom is -0.495 e. The van der Waals surface area contributed by atoms with Gasteiger partial charge in [0, 0.05) is 0 Å². The van der Waals surface area contributed by atoms with Gasteiger partial charge >= 0.3 is 5.97 Å². The number of hydrogen-bond acceptors (Lipinski definition) is 5. The van der Waals surface area contributed by atoms with Crippen LogP contribution >= 0.6 is 10.7 Å². The van der Waals surface area contributed by atoms with E-state index in [1.54, 1.807) is 0 Å². The molecule has 0 amide bonds. The van der Waals surface area contributed by atoms with Crippen molar-refractivity contribution in [3.63, 3.8) is 0 Å². The fraction of sp³-hybridized carbons (Fsp3) is 0.300. The first-order valence-corrected chi connectivity index (χ1v) is 6.45. The maximum absolute atomic E-state index is 11.4. The molecular weight excluding hydrogens is 268 g/mol. The van der Waals surface area contributed by atoms with Crippen molar-refractivity contribution >= 4 is 26.7 Å².